The normalized spacial score (nSPS) is 12.3. The molecule has 2 aromatic heterocycles. The van der Waals surface area contributed by atoms with E-state index in [1.807, 2.05) is 22.9 Å². The number of fused-ring (bicyclic) bond motifs is 3. The van der Waals surface area contributed by atoms with Crippen LogP contribution in [0.4, 0.5) is 0 Å². The number of rotatable bonds is 6. The van der Waals surface area contributed by atoms with Crippen molar-refractivity contribution in [2.75, 3.05) is 0 Å². The summed E-state index contributed by atoms with van der Waals surface area (Å²) in [6.45, 7) is 3.53. The smallest absolute Gasteiger partial charge is 0.274 e. The van der Waals surface area contributed by atoms with Crippen LogP contribution in [0.25, 0.3) is 11.3 Å². The maximum Gasteiger partial charge on any atom is 0.274 e. The van der Waals surface area contributed by atoms with Crippen LogP contribution < -0.4 is 5.48 Å². The zero-order valence-corrected chi connectivity index (χ0v) is 18.0. The Kier molecular flexibility index (Phi) is 5.33. The molecule has 0 atom stereocenters. The molecule has 1 aliphatic rings. The van der Waals surface area contributed by atoms with Crippen molar-refractivity contribution in [3.8, 4) is 11.3 Å². The van der Waals surface area contributed by atoms with E-state index < -0.39 is 5.91 Å². The third kappa shape index (κ3) is 3.71. The summed E-state index contributed by atoms with van der Waals surface area (Å²) in [5.41, 5.74) is 10.2. The molecule has 2 N–H and O–H groups in total. The molecule has 0 aliphatic heterocycles. The molecule has 4 aromatic rings. The van der Waals surface area contributed by atoms with Crippen molar-refractivity contribution in [3.05, 3.63) is 94.4 Å². The molecule has 1 aliphatic carbocycles. The number of nitrogens with one attached hydrogen (secondary N) is 1. The Hall–Kier alpha value is -3.71. The van der Waals surface area contributed by atoms with Gasteiger partial charge in [-0.2, -0.15) is 10.2 Å². The number of aromatic nitrogens is 4. The van der Waals surface area contributed by atoms with Crippen molar-refractivity contribution in [1.29, 1.82) is 0 Å². The lowest BCUT2D eigenvalue weighted by Crippen LogP contribution is -2.18. The number of benzene rings is 2. The van der Waals surface area contributed by atoms with Crippen molar-refractivity contribution in [2.24, 2.45) is 0 Å². The number of nitrogens with zero attached hydrogens (tertiary/aromatic N) is 4. The Morgan fingerprint density at radius 2 is 1.81 bits per heavy atom. The average Bonchev–Trinajstić information content (AvgIpc) is 3.41. The van der Waals surface area contributed by atoms with Crippen LogP contribution in [0, 0.1) is 0 Å². The molecule has 0 unspecified atom stereocenters. The van der Waals surface area contributed by atoms with Gasteiger partial charge in [-0.1, -0.05) is 42.5 Å². The van der Waals surface area contributed by atoms with Gasteiger partial charge in [0.25, 0.3) is 5.91 Å². The van der Waals surface area contributed by atoms with Gasteiger partial charge in [0, 0.05) is 35.9 Å². The number of hydrogen-bond donors (Lipinski definition) is 2. The molecule has 0 fully saturated rings. The monoisotopic (exact) mass is 427 g/mol. The Morgan fingerprint density at radius 3 is 2.53 bits per heavy atom. The van der Waals surface area contributed by atoms with Crippen LogP contribution in [0.1, 0.15) is 45.4 Å². The number of hydroxylamine groups is 1. The predicted molar refractivity (Wildman–Crippen MR) is 121 cm³/mol. The second-order valence-electron chi connectivity index (χ2n) is 8.08. The average molecular weight is 428 g/mol. The van der Waals surface area contributed by atoms with Crippen molar-refractivity contribution < 1.29 is 10.0 Å². The lowest BCUT2D eigenvalue weighted by atomic mass is 9.92. The maximum atomic E-state index is 11.6. The van der Waals surface area contributed by atoms with Crippen LogP contribution in [0.2, 0.25) is 0 Å². The van der Waals surface area contributed by atoms with Crippen molar-refractivity contribution in [2.45, 2.75) is 39.3 Å². The first-order valence-corrected chi connectivity index (χ1v) is 10.9. The second kappa shape index (κ2) is 8.43. The Balaban J connectivity index is 1.55. The molecule has 5 rings (SSSR count). The van der Waals surface area contributed by atoms with Gasteiger partial charge in [-0.25, -0.2) is 5.48 Å². The molecule has 0 spiro atoms. The van der Waals surface area contributed by atoms with E-state index in [2.05, 4.69) is 42.1 Å². The van der Waals surface area contributed by atoms with Gasteiger partial charge in [0.15, 0.2) is 0 Å². The molecule has 7 heteroatoms. The highest BCUT2D eigenvalue weighted by atomic mass is 16.5. The van der Waals surface area contributed by atoms with Crippen LogP contribution in [-0.2, 0) is 32.4 Å². The zero-order valence-electron chi connectivity index (χ0n) is 18.0. The number of hydrogen-bond acceptors (Lipinski definition) is 4. The van der Waals surface area contributed by atoms with Gasteiger partial charge in [0.2, 0.25) is 0 Å². The fourth-order valence-electron chi connectivity index (χ4n) is 4.41. The van der Waals surface area contributed by atoms with Gasteiger partial charge in [-0.3, -0.25) is 19.4 Å². The third-order valence-corrected chi connectivity index (χ3v) is 6.03. The van der Waals surface area contributed by atoms with E-state index in [9.17, 15) is 4.79 Å². The molecule has 32 heavy (non-hydrogen) atoms. The topological polar surface area (TPSA) is 85.0 Å². The van der Waals surface area contributed by atoms with Gasteiger partial charge in [-0.15, -0.1) is 0 Å². The minimum atomic E-state index is -0.519. The Bertz CT molecular complexity index is 1260. The molecule has 2 aromatic carbocycles. The highest BCUT2D eigenvalue weighted by molar-refractivity contribution is 5.93. The van der Waals surface area contributed by atoms with E-state index in [0.717, 1.165) is 54.0 Å². The first kappa shape index (κ1) is 20.2. The minimum absolute atomic E-state index is 0.412. The summed E-state index contributed by atoms with van der Waals surface area (Å²) >= 11 is 0. The van der Waals surface area contributed by atoms with E-state index in [1.165, 1.54) is 11.1 Å². The van der Waals surface area contributed by atoms with Gasteiger partial charge in [-0.05, 0) is 43.0 Å². The number of amides is 1. The van der Waals surface area contributed by atoms with E-state index in [4.69, 9.17) is 15.4 Å². The summed E-state index contributed by atoms with van der Waals surface area (Å²) in [5, 5.41) is 18.7. The number of carbonyl (C=O) groups excluding carboxylic acids is 1. The third-order valence-electron chi connectivity index (χ3n) is 6.03. The molecule has 2 heterocycles. The van der Waals surface area contributed by atoms with Crippen molar-refractivity contribution in [3.63, 3.8) is 0 Å². The second-order valence-corrected chi connectivity index (χ2v) is 8.08. The summed E-state index contributed by atoms with van der Waals surface area (Å²) in [4.78, 5) is 11.6. The van der Waals surface area contributed by atoms with Gasteiger partial charge >= 0.3 is 0 Å². The number of aryl methyl sites for hydroxylation is 2. The fraction of sp³-hybridized carbons (Fsp3) is 0.240. The van der Waals surface area contributed by atoms with E-state index in [-0.39, 0.29) is 0 Å². The summed E-state index contributed by atoms with van der Waals surface area (Å²) in [6, 6.07) is 17.6. The largest absolute Gasteiger partial charge is 0.288 e. The minimum Gasteiger partial charge on any atom is -0.288 e. The summed E-state index contributed by atoms with van der Waals surface area (Å²) in [6.07, 6.45) is 4.78. The van der Waals surface area contributed by atoms with Crippen LogP contribution >= 0.6 is 0 Å². The van der Waals surface area contributed by atoms with Crippen LogP contribution in [0.15, 0.2) is 60.8 Å². The van der Waals surface area contributed by atoms with Crippen LogP contribution in [0.5, 0.6) is 0 Å². The predicted octanol–water partition coefficient (Wildman–Crippen LogP) is 3.62. The van der Waals surface area contributed by atoms with E-state index in [0.29, 0.717) is 12.1 Å². The molecular formula is C25H25N5O2. The zero-order chi connectivity index (χ0) is 22.1. The molecule has 0 saturated carbocycles. The molecule has 1 amide bonds. The van der Waals surface area contributed by atoms with Gasteiger partial charge in [0.1, 0.15) is 0 Å². The highest BCUT2D eigenvalue weighted by Gasteiger charge is 2.27. The Labute approximate surface area is 186 Å². The number of carbonyl (C=O) groups is 1. The van der Waals surface area contributed by atoms with Crippen LogP contribution in [0.3, 0.4) is 0 Å². The first-order chi connectivity index (χ1) is 15.7. The van der Waals surface area contributed by atoms with Crippen LogP contribution in [-0.4, -0.2) is 30.7 Å². The molecule has 0 radical (unpaired) electrons. The molecule has 0 bridgehead atoms. The quantitative estimate of drug-likeness (QED) is 0.364. The molecule has 0 saturated heterocycles. The standard InChI is InChI=1S/C25H25N5O2/c1-2-29-16-21-22(26-29)13-12-20-23(14-17-6-4-3-5-7-17)27-30(24(20)21)15-18-8-10-19(11-9-18)25(31)28-32/h3-11,16,32H,2,12-15H2,1H3,(H,28,31). The van der Waals surface area contributed by atoms with E-state index >= 15 is 0 Å². The lowest BCUT2D eigenvalue weighted by Gasteiger charge is -2.14. The summed E-state index contributed by atoms with van der Waals surface area (Å²) in [5.74, 6) is -0.519. The van der Waals surface area contributed by atoms with Gasteiger partial charge < -0.3 is 0 Å². The maximum absolute atomic E-state index is 11.6. The van der Waals surface area contributed by atoms with Crippen molar-refractivity contribution in [1.82, 2.24) is 25.0 Å². The Morgan fingerprint density at radius 1 is 1.03 bits per heavy atom. The van der Waals surface area contributed by atoms with Crippen molar-refractivity contribution >= 4 is 5.91 Å². The first-order valence-electron chi connectivity index (χ1n) is 10.9. The fourth-order valence-corrected chi connectivity index (χ4v) is 4.41. The highest BCUT2D eigenvalue weighted by Crippen LogP contribution is 2.36. The summed E-state index contributed by atoms with van der Waals surface area (Å²) in [7, 11) is 0. The molecule has 7 nitrogen and oxygen atoms in total. The molecule has 162 valence electrons. The SMILES string of the molecule is CCn1cc2c(n1)CCc1c(Cc3ccccc3)nn(Cc3ccc(C(=O)NO)cc3)c1-2. The molecular weight excluding hydrogens is 402 g/mol. The lowest BCUT2D eigenvalue weighted by molar-refractivity contribution is 0.0706. The van der Waals surface area contributed by atoms with Gasteiger partial charge in [0.05, 0.1) is 23.6 Å². The van der Waals surface area contributed by atoms with E-state index in [1.54, 1.807) is 17.6 Å². The summed E-state index contributed by atoms with van der Waals surface area (Å²) < 4.78 is 4.07.